The number of aromatic nitrogens is 1. The molecule has 1 fully saturated rings. The third-order valence-corrected chi connectivity index (χ3v) is 3.95. The van der Waals surface area contributed by atoms with Crippen LogP contribution in [0.15, 0.2) is 42.6 Å². The van der Waals surface area contributed by atoms with E-state index >= 15 is 0 Å². The van der Waals surface area contributed by atoms with Crippen molar-refractivity contribution in [2.45, 2.75) is 19.4 Å². The molecular weight excluding hydrogens is 265 g/mol. The number of anilines is 1. The van der Waals surface area contributed by atoms with Gasteiger partial charge in [-0.25, -0.2) is 9.37 Å². The highest BCUT2D eigenvalue weighted by atomic mass is 19.1. The molecule has 2 unspecified atom stereocenters. The molecule has 1 aromatic heterocycles. The predicted molar refractivity (Wildman–Crippen MR) is 79.2 cm³/mol. The summed E-state index contributed by atoms with van der Waals surface area (Å²) in [5, 5.41) is 9.27. The average Bonchev–Trinajstić information content (AvgIpc) is 2.89. The van der Waals surface area contributed by atoms with Crippen LogP contribution in [0, 0.1) is 23.1 Å². The highest BCUT2D eigenvalue weighted by molar-refractivity contribution is 5.56. The molecule has 0 saturated carbocycles. The Kier molecular flexibility index (Phi) is 3.57. The number of benzene rings is 1. The SMILES string of the molecule is CC1CC(c2ccccc2F)N(c2ncccc2C#N)C1. The molecular formula is C17H16FN3. The first-order chi connectivity index (χ1) is 10.2. The van der Waals surface area contributed by atoms with E-state index in [9.17, 15) is 9.65 Å². The van der Waals surface area contributed by atoms with Crippen molar-refractivity contribution >= 4 is 5.82 Å². The van der Waals surface area contributed by atoms with Crippen LogP contribution in [-0.2, 0) is 0 Å². The number of nitriles is 1. The molecule has 1 aliphatic rings. The van der Waals surface area contributed by atoms with Crippen LogP contribution in [0.25, 0.3) is 0 Å². The maximum absolute atomic E-state index is 14.1. The van der Waals surface area contributed by atoms with Gasteiger partial charge in [0.05, 0.1) is 11.6 Å². The standard InChI is InChI=1S/C17H16FN3/c1-12-9-16(14-6-2-3-7-15(14)18)21(11-12)17-13(10-19)5-4-8-20-17/h2-8,12,16H,9,11H2,1H3. The van der Waals surface area contributed by atoms with Crippen molar-refractivity contribution in [1.29, 1.82) is 5.26 Å². The van der Waals surface area contributed by atoms with Gasteiger partial charge in [-0.2, -0.15) is 5.26 Å². The van der Waals surface area contributed by atoms with E-state index in [1.165, 1.54) is 6.07 Å². The van der Waals surface area contributed by atoms with Gasteiger partial charge in [0.1, 0.15) is 17.7 Å². The molecule has 3 nitrogen and oxygen atoms in total. The lowest BCUT2D eigenvalue weighted by atomic mass is 10.0. The van der Waals surface area contributed by atoms with Crippen LogP contribution in [0.1, 0.15) is 30.5 Å². The molecule has 4 heteroatoms. The maximum Gasteiger partial charge on any atom is 0.147 e. The zero-order valence-corrected chi connectivity index (χ0v) is 11.8. The highest BCUT2D eigenvalue weighted by Crippen LogP contribution is 2.39. The second kappa shape index (κ2) is 5.53. The third-order valence-electron chi connectivity index (χ3n) is 3.95. The smallest absolute Gasteiger partial charge is 0.147 e. The Labute approximate surface area is 123 Å². The molecule has 0 spiro atoms. The largest absolute Gasteiger partial charge is 0.348 e. The van der Waals surface area contributed by atoms with E-state index in [0.29, 0.717) is 22.9 Å². The van der Waals surface area contributed by atoms with E-state index in [1.54, 1.807) is 24.4 Å². The lowest BCUT2D eigenvalue weighted by Crippen LogP contribution is -2.25. The fraction of sp³-hybridized carbons (Fsp3) is 0.294. The molecule has 2 atom stereocenters. The van der Waals surface area contributed by atoms with Crippen molar-refractivity contribution in [3.05, 3.63) is 59.5 Å². The maximum atomic E-state index is 14.1. The predicted octanol–water partition coefficient (Wildman–Crippen LogP) is 3.68. The van der Waals surface area contributed by atoms with Gasteiger partial charge in [0, 0.05) is 18.3 Å². The van der Waals surface area contributed by atoms with Gasteiger partial charge < -0.3 is 4.90 Å². The van der Waals surface area contributed by atoms with E-state index in [4.69, 9.17) is 0 Å². The van der Waals surface area contributed by atoms with Crippen LogP contribution in [0.4, 0.5) is 10.2 Å². The van der Waals surface area contributed by atoms with E-state index in [-0.39, 0.29) is 11.9 Å². The Bertz CT molecular complexity index is 692. The molecule has 106 valence electrons. The molecule has 3 rings (SSSR count). The van der Waals surface area contributed by atoms with Gasteiger partial charge in [0.15, 0.2) is 0 Å². The Morgan fingerprint density at radius 2 is 2.10 bits per heavy atom. The molecule has 0 bridgehead atoms. The summed E-state index contributed by atoms with van der Waals surface area (Å²) in [4.78, 5) is 6.41. The Balaban J connectivity index is 2.05. The number of pyridine rings is 1. The number of hydrogen-bond donors (Lipinski definition) is 0. The zero-order valence-electron chi connectivity index (χ0n) is 11.8. The first-order valence-electron chi connectivity index (χ1n) is 7.07. The van der Waals surface area contributed by atoms with Crippen LogP contribution in [0.5, 0.6) is 0 Å². The minimum Gasteiger partial charge on any atom is -0.348 e. The molecule has 2 heterocycles. The minimum atomic E-state index is -0.198. The molecule has 0 N–H and O–H groups in total. The first kappa shape index (κ1) is 13.6. The number of nitrogens with zero attached hydrogens (tertiary/aromatic N) is 3. The lowest BCUT2D eigenvalue weighted by molar-refractivity contribution is 0.563. The van der Waals surface area contributed by atoms with Gasteiger partial charge in [-0.3, -0.25) is 0 Å². The van der Waals surface area contributed by atoms with Crippen molar-refractivity contribution in [3.63, 3.8) is 0 Å². The fourth-order valence-electron chi connectivity index (χ4n) is 3.03. The Hall–Kier alpha value is -2.41. The summed E-state index contributed by atoms with van der Waals surface area (Å²) in [7, 11) is 0. The number of rotatable bonds is 2. The van der Waals surface area contributed by atoms with Gasteiger partial charge in [-0.1, -0.05) is 25.1 Å². The monoisotopic (exact) mass is 281 g/mol. The van der Waals surface area contributed by atoms with Crippen LogP contribution in [0.3, 0.4) is 0 Å². The molecule has 0 amide bonds. The summed E-state index contributed by atoms with van der Waals surface area (Å²) in [6.07, 6.45) is 2.54. The van der Waals surface area contributed by atoms with E-state index in [0.717, 1.165) is 13.0 Å². The third kappa shape index (κ3) is 2.47. The van der Waals surface area contributed by atoms with Gasteiger partial charge >= 0.3 is 0 Å². The van der Waals surface area contributed by atoms with E-state index in [2.05, 4.69) is 22.9 Å². The number of halogens is 1. The second-order valence-corrected chi connectivity index (χ2v) is 5.52. The van der Waals surface area contributed by atoms with E-state index in [1.807, 2.05) is 12.1 Å². The summed E-state index contributed by atoms with van der Waals surface area (Å²) in [6, 6.07) is 12.5. The van der Waals surface area contributed by atoms with Crippen LogP contribution >= 0.6 is 0 Å². The first-order valence-corrected chi connectivity index (χ1v) is 7.07. The fourth-order valence-corrected chi connectivity index (χ4v) is 3.03. The average molecular weight is 281 g/mol. The highest BCUT2D eigenvalue weighted by Gasteiger charge is 2.34. The molecule has 1 saturated heterocycles. The van der Waals surface area contributed by atoms with Crippen molar-refractivity contribution in [1.82, 2.24) is 4.98 Å². The summed E-state index contributed by atoms with van der Waals surface area (Å²) in [5.74, 6) is 0.886. The second-order valence-electron chi connectivity index (χ2n) is 5.52. The summed E-state index contributed by atoms with van der Waals surface area (Å²) >= 11 is 0. The van der Waals surface area contributed by atoms with Crippen LogP contribution < -0.4 is 4.90 Å². The summed E-state index contributed by atoms with van der Waals surface area (Å²) in [6.45, 7) is 2.92. The normalized spacial score (nSPS) is 21.3. The van der Waals surface area contributed by atoms with Gasteiger partial charge in [0.25, 0.3) is 0 Å². The molecule has 1 aromatic carbocycles. The zero-order chi connectivity index (χ0) is 14.8. The summed E-state index contributed by atoms with van der Waals surface area (Å²) < 4.78 is 14.1. The van der Waals surface area contributed by atoms with E-state index < -0.39 is 0 Å². The molecule has 1 aliphatic heterocycles. The summed E-state index contributed by atoms with van der Waals surface area (Å²) in [5.41, 5.74) is 1.21. The molecule has 2 aromatic rings. The minimum absolute atomic E-state index is 0.0665. The van der Waals surface area contributed by atoms with Crippen LogP contribution in [-0.4, -0.2) is 11.5 Å². The molecule has 21 heavy (non-hydrogen) atoms. The molecule has 0 aliphatic carbocycles. The quantitative estimate of drug-likeness (QED) is 0.843. The Morgan fingerprint density at radius 3 is 2.86 bits per heavy atom. The topological polar surface area (TPSA) is 39.9 Å². The molecule has 0 radical (unpaired) electrons. The van der Waals surface area contributed by atoms with Crippen molar-refractivity contribution in [2.24, 2.45) is 5.92 Å². The van der Waals surface area contributed by atoms with Crippen LogP contribution in [0.2, 0.25) is 0 Å². The number of hydrogen-bond acceptors (Lipinski definition) is 3. The van der Waals surface area contributed by atoms with Gasteiger partial charge in [0.2, 0.25) is 0 Å². The van der Waals surface area contributed by atoms with Crippen molar-refractivity contribution in [3.8, 4) is 6.07 Å². The Morgan fingerprint density at radius 1 is 1.29 bits per heavy atom. The lowest BCUT2D eigenvalue weighted by Gasteiger charge is -2.27. The van der Waals surface area contributed by atoms with Gasteiger partial charge in [-0.05, 0) is 30.5 Å². The van der Waals surface area contributed by atoms with Gasteiger partial charge in [-0.15, -0.1) is 0 Å². The van der Waals surface area contributed by atoms with Crippen molar-refractivity contribution < 1.29 is 4.39 Å². The van der Waals surface area contributed by atoms with Crippen molar-refractivity contribution in [2.75, 3.05) is 11.4 Å².